The molecule has 1 aromatic rings. The Morgan fingerprint density at radius 2 is 2.37 bits per heavy atom. The highest BCUT2D eigenvalue weighted by atomic mass is 16.6. The molecular weight excluding hydrogens is 252 g/mol. The summed E-state index contributed by atoms with van der Waals surface area (Å²) in [4.78, 5) is 26.0. The maximum Gasteiger partial charge on any atom is 0.323 e. The fourth-order valence-corrected chi connectivity index (χ4v) is 1.57. The molecule has 0 bridgehead atoms. The zero-order chi connectivity index (χ0) is 14.4. The number of nitriles is 1. The number of nitro groups is 1. The lowest BCUT2D eigenvalue weighted by molar-refractivity contribution is -0.385. The van der Waals surface area contributed by atoms with Crippen LogP contribution in [0.4, 0.5) is 11.5 Å². The third-order valence-corrected chi connectivity index (χ3v) is 2.30. The molecule has 0 saturated heterocycles. The van der Waals surface area contributed by atoms with E-state index in [1.165, 1.54) is 4.90 Å². The first kappa shape index (κ1) is 14.4. The number of carboxylic acid groups (broad SMARTS) is 1. The van der Waals surface area contributed by atoms with Crippen LogP contribution < -0.4 is 4.90 Å². The summed E-state index contributed by atoms with van der Waals surface area (Å²) in [5, 5.41) is 28.4. The molecule has 1 N–H and O–H groups in total. The van der Waals surface area contributed by atoms with Crippen molar-refractivity contribution in [2.75, 3.05) is 18.0 Å². The van der Waals surface area contributed by atoms with Crippen LogP contribution in [-0.2, 0) is 4.79 Å². The van der Waals surface area contributed by atoms with E-state index in [4.69, 9.17) is 10.4 Å². The first-order valence-corrected chi connectivity index (χ1v) is 5.50. The molecule has 0 unspecified atom stereocenters. The van der Waals surface area contributed by atoms with Crippen LogP contribution in [0.1, 0.15) is 18.9 Å². The quantitative estimate of drug-likeness (QED) is 0.604. The lowest BCUT2D eigenvalue weighted by Gasteiger charge is -2.21. The molecule has 0 fully saturated rings. The third kappa shape index (κ3) is 3.64. The van der Waals surface area contributed by atoms with Crippen LogP contribution in [0.5, 0.6) is 0 Å². The van der Waals surface area contributed by atoms with E-state index in [1.807, 2.05) is 6.92 Å². The minimum absolute atomic E-state index is 0.0103. The van der Waals surface area contributed by atoms with Crippen molar-refractivity contribution >= 4 is 17.5 Å². The molecule has 0 atom stereocenters. The van der Waals surface area contributed by atoms with Crippen molar-refractivity contribution in [3.63, 3.8) is 0 Å². The van der Waals surface area contributed by atoms with Crippen LogP contribution in [0.2, 0.25) is 0 Å². The van der Waals surface area contributed by atoms with Crippen molar-refractivity contribution in [1.82, 2.24) is 4.98 Å². The Morgan fingerprint density at radius 3 is 2.84 bits per heavy atom. The van der Waals surface area contributed by atoms with Gasteiger partial charge in [-0.3, -0.25) is 14.9 Å². The summed E-state index contributed by atoms with van der Waals surface area (Å²) in [5.41, 5.74) is -0.309. The second-order valence-electron chi connectivity index (χ2n) is 3.75. The Morgan fingerprint density at radius 1 is 1.68 bits per heavy atom. The van der Waals surface area contributed by atoms with Gasteiger partial charge in [0.2, 0.25) is 0 Å². The largest absolute Gasteiger partial charge is 0.480 e. The number of hydrogen-bond donors (Lipinski definition) is 1. The van der Waals surface area contributed by atoms with E-state index in [0.717, 1.165) is 12.3 Å². The van der Waals surface area contributed by atoms with Crippen molar-refractivity contribution in [1.29, 1.82) is 5.26 Å². The van der Waals surface area contributed by atoms with Crippen molar-refractivity contribution in [2.24, 2.45) is 0 Å². The maximum absolute atomic E-state index is 10.8. The van der Waals surface area contributed by atoms with Crippen LogP contribution in [0.3, 0.4) is 0 Å². The van der Waals surface area contributed by atoms with Gasteiger partial charge in [-0.05, 0) is 6.42 Å². The molecule has 0 spiro atoms. The average molecular weight is 264 g/mol. The van der Waals surface area contributed by atoms with Gasteiger partial charge < -0.3 is 10.0 Å². The Bertz CT molecular complexity index is 538. The van der Waals surface area contributed by atoms with Crippen LogP contribution in [0.15, 0.2) is 12.3 Å². The summed E-state index contributed by atoms with van der Waals surface area (Å²) in [6.07, 6.45) is 1.68. The number of aliphatic carboxylic acids is 1. The molecule has 0 aliphatic heterocycles. The normalized spacial score (nSPS) is 9.68. The van der Waals surface area contributed by atoms with Gasteiger partial charge in [-0.25, -0.2) is 4.98 Å². The lowest BCUT2D eigenvalue weighted by Crippen LogP contribution is -2.31. The van der Waals surface area contributed by atoms with Crippen molar-refractivity contribution in [3.8, 4) is 6.07 Å². The van der Waals surface area contributed by atoms with Crippen LogP contribution >= 0.6 is 0 Å². The molecule has 19 heavy (non-hydrogen) atoms. The van der Waals surface area contributed by atoms with Gasteiger partial charge in [-0.1, -0.05) is 6.92 Å². The predicted octanol–water partition coefficient (Wildman–Crippen LogP) is 1.16. The van der Waals surface area contributed by atoms with Crippen molar-refractivity contribution < 1.29 is 14.8 Å². The van der Waals surface area contributed by atoms with Gasteiger partial charge in [0.25, 0.3) is 5.69 Å². The Balaban J connectivity index is 3.19. The van der Waals surface area contributed by atoms with Gasteiger partial charge >= 0.3 is 5.97 Å². The number of carbonyl (C=O) groups is 1. The highest BCUT2D eigenvalue weighted by Gasteiger charge is 2.18. The molecule has 0 radical (unpaired) electrons. The summed E-state index contributed by atoms with van der Waals surface area (Å²) >= 11 is 0. The average Bonchev–Trinajstić information content (AvgIpc) is 2.36. The number of nitrogens with zero attached hydrogens (tertiary/aromatic N) is 4. The second kappa shape index (κ2) is 6.30. The van der Waals surface area contributed by atoms with E-state index in [2.05, 4.69) is 4.98 Å². The van der Waals surface area contributed by atoms with Gasteiger partial charge in [0, 0.05) is 12.6 Å². The van der Waals surface area contributed by atoms with Crippen LogP contribution in [0.25, 0.3) is 0 Å². The summed E-state index contributed by atoms with van der Waals surface area (Å²) in [5.74, 6) is -0.908. The molecule has 1 rings (SSSR count). The maximum atomic E-state index is 10.8. The molecule has 1 aromatic heterocycles. The monoisotopic (exact) mass is 264 g/mol. The minimum atomic E-state index is -1.06. The summed E-state index contributed by atoms with van der Waals surface area (Å²) in [7, 11) is 0. The number of rotatable bonds is 6. The smallest absolute Gasteiger partial charge is 0.323 e. The molecule has 8 nitrogen and oxygen atoms in total. The number of hydrogen-bond acceptors (Lipinski definition) is 6. The Hall–Kier alpha value is -2.69. The highest BCUT2D eigenvalue weighted by molar-refractivity contribution is 5.74. The van der Waals surface area contributed by atoms with E-state index in [-0.39, 0.29) is 23.6 Å². The van der Waals surface area contributed by atoms with E-state index >= 15 is 0 Å². The summed E-state index contributed by atoms with van der Waals surface area (Å²) in [6.45, 7) is 1.94. The Labute approximate surface area is 109 Å². The van der Waals surface area contributed by atoms with Crippen molar-refractivity contribution in [3.05, 3.63) is 27.9 Å². The second-order valence-corrected chi connectivity index (χ2v) is 3.75. The minimum Gasteiger partial charge on any atom is -0.480 e. The molecular formula is C11H12N4O4. The molecule has 100 valence electrons. The Kier molecular flexibility index (Phi) is 4.76. The summed E-state index contributed by atoms with van der Waals surface area (Å²) in [6, 6.07) is 2.89. The molecule has 0 aliphatic carbocycles. The van der Waals surface area contributed by atoms with E-state index in [9.17, 15) is 14.9 Å². The molecule has 0 saturated carbocycles. The molecule has 0 aromatic carbocycles. The zero-order valence-electron chi connectivity index (χ0n) is 10.2. The van der Waals surface area contributed by atoms with Gasteiger partial charge in [-0.15, -0.1) is 0 Å². The number of aromatic nitrogens is 1. The van der Waals surface area contributed by atoms with E-state index < -0.39 is 10.9 Å². The number of anilines is 1. The van der Waals surface area contributed by atoms with Gasteiger partial charge in [0.05, 0.1) is 4.92 Å². The summed E-state index contributed by atoms with van der Waals surface area (Å²) < 4.78 is 0. The standard InChI is InChI=1S/C11H12N4O4/c1-2-3-14(7-10(16)17)11-8(5-12)4-9(6-13-11)15(18)19/h4,6H,2-3,7H2,1H3,(H,16,17). The van der Waals surface area contributed by atoms with E-state index in [1.54, 1.807) is 6.07 Å². The van der Waals surface area contributed by atoms with Crippen LogP contribution in [0, 0.1) is 21.4 Å². The van der Waals surface area contributed by atoms with Gasteiger partial charge in [0.15, 0.2) is 0 Å². The third-order valence-electron chi connectivity index (χ3n) is 2.30. The topological polar surface area (TPSA) is 120 Å². The fourth-order valence-electron chi connectivity index (χ4n) is 1.57. The van der Waals surface area contributed by atoms with Crippen LogP contribution in [-0.4, -0.2) is 34.1 Å². The van der Waals surface area contributed by atoms with E-state index in [0.29, 0.717) is 13.0 Å². The molecule has 0 aliphatic rings. The first-order valence-electron chi connectivity index (χ1n) is 5.50. The SMILES string of the molecule is CCCN(CC(=O)O)c1ncc([N+](=O)[O-])cc1C#N. The molecule has 1 heterocycles. The fraction of sp³-hybridized carbons (Fsp3) is 0.364. The first-order chi connectivity index (χ1) is 8.99. The zero-order valence-corrected chi connectivity index (χ0v) is 10.2. The van der Waals surface area contributed by atoms with Gasteiger partial charge in [0.1, 0.15) is 30.2 Å². The number of carboxylic acids is 1. The lowest BCUT2D eigenvalue weighted by atomic mass is 10.2. The molecule has 0 amide bonds. The number of pyridine rings is 1. The van der Waals surface area contributed by atoms with Gasteiger partial charge in [-0.2, -0.15) is 5.26 Å². The predicted molar refractivity (Wildman–Crippen MR) is 65.7 cm³/mol. The molecule has 8 heteroatoms. The highest BCUT2D eigenvalue weighted by Crippen LogP contribution is 2.21. The van der Waals surface area contributed by atoms with Crippen molar-refractivity contribution in [2.45, 2.75) is 13.3 Å².